The van der Waals surface area contributed by atoms with E-state index in [0.29, 0.717) is 68.4 Å². The predicted octanol–water partition coefficient (Wildman–Crippen LogP) is 5.48. The number of aliphatic carboxylic acids is 1. The van der Waals surface area contributed by atoms with Gasteiger partial charge in [0.05, 0.1) is 48.8 Å². The summed E-state index contributed by atoms with van der Waals surface area (Å²) in [5.41, 5.74) is 1.62. The Morgan fingerprint density at radius 2 is 1.35 bits per heavy atom. The fourth-order valence-electron chi connectivity index (χ4n) is 11.0. The summed E-state index contributed by atoms with van der Waals surface area (Å²) in [5.74, 6) is -6.71. The molecule has 24 heteroatoms. The number of nitrogens with zero attached hydrogens (tertiary/aromatic N) is 3. The van der Waals surface area contributed by atoms with Crippen molar-refractivity contribution in [2.75, 3.05) is 46.7 Å². The number of carboxylic acids is 1. The van der Waals surface area contributed by atoms with Crippen LogP contribution in [0.5, 0.6) is 0 Å². The number of amides is 9. The maximum Gasteiger partial charge on any atom is 0.410 e. The third kappa shape index (κ3) is 23.5. The lowest BCUT2D eigenvalue weighted by Gasteiger charge is -2.41. The van der Waals surface area contributed by atoms with E-state index in [-0.39, 0.29) is 49.0 Å². The molecule has 0 bridgehead atoms. The first-order chi connectivity index (χ1) is 42.0. The van der Waals surface area contributed by atoms with Gasteiger partial charge < -0.3 is 66.1 Å². The van der Waals surface area contributed by atoms with Crippen LogP contribution in [0.4, 0.5) is 10.5 Å². The van der Waals surface area contributed by atoms with E-state index in [9.17, 15) is 53.1 Å². The van der Waals surface area contributed by atoms with Gasteiger partial charge >= 0.3 is 12.1 Å². The molecule has 0 spiro atoms. The van der Waals surface area contributed by atoms with Crippen molar-refractivity contribution in [3.05, 3.63) is 77.9 Å². The molecule has 1 aliphatic rings. The summed E-state index contributed by atoms with van der Waals surface area (Å²) < 4.78 is 17.7. The van der Waals surface area contributed by atoms with Crippen LogP contribution in [-0.4, -0.2) is 180 Å². The van der Waals surface area contributed by atoms with Crippen LogP contribution in [0.2, 0.25) is 0 Å². The lowest BCUT2D eigenvalue weighted by molar-refractivity contribution is -0.148. The molecule has 9 amide bonds. The van der Waals surface area contributed by atoms with Gasteiger partial charge in [-0.3, -0.25) is 43.3 Å². The maximum absolute atomic E-state index is 14.8. The van der Waals surface area contributed by atoms with Gasteiger partial charge in [-0.15, -0.1) is 0 Å². The number of methoxy groups -OCH3 is 2. The van der Waals surface area contributed by atoms with Gasteiger partial charge in [0.2, 0.25) is 47.3 Å². The molecule has 2 aromatic rings. The fourth-order valence-corrected chi connectivity index (χ4v) is 11.0. The number of carbonyl (C=O) groups excluding carboxylic acids is 9. The lowest BCUT2D eigenvalue weighted by atomic mass is 9.89. The van der Waals surface area contributed by atoms with Crippen molar-refractivity contribution in [1.29, 1.82) is 0 Å². The Morgan fingerprint density at radius 3 is 1.92 bits per heavy atom. The number of unbranched alkanes of at least 4 members (excludes halogenated alkanes) is 2. The topological polar surface area (TPSA) is 321 Å². The minimum Gasteiger partial charge on any atom is -0.478 e. The minimum atomic E-state index is -1.23. The number of benzene rings is 2. The molecule has 0 unspecified atom stereocenters. The number of ether oxygens (including phenoxy) is 3. The quantitative estimate of drug-likeness (QED) is 0.0309. The van der Waals surface area contributed by atoms with Crippen LogP contribution >= 0.6 is 0 Å². The van der Waals surface area contributed by atoms with Gasteiger partial charge in [0.25, 0.3) is 0 Å². The summed E-state index contributed by atoms with van der Waals surface area (Å²) >= 11 is 0. The molecular formula is C65H101N9O15. The van der Waals surface area contributed by atoms with Gasteiger partial charge in [-0.2, -0.15) is 0 Å². The fraction of sp³-hybridized carbons (Fsp3) is 0.631. The predicted molar refractivity (Wildman–Crippen MR) is 336 cm³/mol. The Hall–Kier alpha value is -7.44. The largest absolute Gasteiger partial charge is 0.478 e. The first-order valence-electron chi connectivity index (χ1n) is 31.0. The molecule has 0 aromatic heterocycles. The average molecular weight is 1250 g/mol. The number of rotatable bonds is 36. The molecule has 1 heterocycles. The van der Waals surface area contributed by atoms with E-state index in [2.05, 4.69) is 31.9 Å². The van der Waals surface area contributed by atoms with Gasteiger partial charge in [0.1, 0.15) is 30.8 Å². The van der Waals surface area contributed by atoms with Crippen molar-refractivity contribution in [2.45, 2.75) is 195 Å². The van der Waals surface area contributed by atoms with Crippen LogP contribution in [0.1, 0.15) is 145 Å². The molecule has 496 valence electrons. The van der Waals surface area contributed by atoms with Crippen LogP contribution in [0.25, 0.3) is 0 Å². The zero-order valence-corrected chi connectivity index (χ0v) is 54.8. The molecule has 3 rings (SSSR count). The van der Waals surface area contributed by atoms with E-state index in [1.54, 1.807) is 109 Å². The van der Waals surface area contributed by atoms with Gasteiger partial charge in [0.15, 0.2) is 0 Å². The smallest absolute Gasteiger partial charge is 0.410 e. The Morgan fingerprint density at radius 1 is 0.708 bits per heavy atom. The molecule has 1 fully saturated rings. The van der Waals surface area contributed by atoms with Gasteiger partial charge in [-0.25, -0.2) is 9.59 Å². The third-order valence-electron chi connectivity index (χ3n) is 16.4. The molecule has 0 saturated carbocycles. The van der Waals surface area contributed by atoms with Gasteiger partial charge in [0, 0.05) is 65.7 Å². The normalized spacial score (nSPS) is 17.0. The van der Waals surface area contributed by atoms with E-state index < -0.39 is 120 Å². The van der Waals surface area contributed by atoms with E-state index >= 15 is 0 Å². The van der Waals surface area contributed by atoms with E-state index in [0.717, 1.165) is 12.2 Å². The highest BCUT2D eigenvalue weighted by molar-refractivity contribution is 5.98. The molecule has 1 aliphatic heterocycles. The molecule has 89 heavy (non-hydrogen) atoms. The molecular weight excluding hydrogens is 1150 g/mol. The molecule has 8 N–H and O–H groups in total. The van der Waals surface area contributed by atoms with Crippen molar-refractivity contribution in [3.63, 3.8) is 0 Å². The second-order valence-corrected chi connectivity index (χ2v) is 24.3. The number of aliphatic hydroxyl groups is 1. The lowest BCUT2D eigenvalue weighted by Crippen LogP contribution is -2.60. The SMILES string of the molecule is CC[C@H](C)[C@@H]([C@@H](CC(=O)N1CCC[C@H]1[C@H](OC)[C@@H](C)C(=O)N[C@H](C)[C@@H](O)c1ccccc1)OC)N(C)C(=O)[C@@H](NC(=O)[C@H](C(C)C)N(C)C(=O)OCc1ccc(NC(=O)[C@H](C)NC(=O)[C@@H](NC(=O)CCCCCNC(=O)/C=C\C(=O)O)C(C)C)cc1)C(C)C. The Bertz CT molecular complexity index is 2670. The Kier molecular flexibility index (Phi) is 32.0. The molecule has 24 nitrogen and oxygen atoms in total. The van der Waals surface area contributed by atoms with Crippen molar-refractivity contribution < 1.29 is 72.4 Å². The average Bonchev–Trinajstić information content (AvgIpc) is 2.08. The zero-order valence-electron chi connectivity index (χ0n) is 54.8. The number of likely N-dealkylation sites (tertiary alicyclic amines) is 1. The summed E-state index contributed by atoms with van der Waals surface area (Å²) in [6, 6.07) is 9.87. The highest BCUT2D eigenvalue weighted by Gasteiger charge is 2.44. The number of aliphatic hydroxyl groups excluding tert-OH is 1. The van der Waals surface area contributed by atoms with Crippen LogP contribution in [0.15, 0.2) is 66.7 Å². The minimum absolute atomic E-state index is 0.0828. The standard InChI is InChI=1S/C65H101N9O15/c1-16-41(8)57(49(87-14)36-52(77)74-35-23-26-48(74)59(88-15)42(9)60(81)67-43(10)58(80)46-24-19-17-20-25-46)72(12)64(85)55(39(4)5)71-63(84)56(40(6)7)73(13)65(86)89-37-45-28-30-47(31-29-45)69-61(82)44(11)68-62(83)54(38(2)3)70-51(76)27-21-18-22-34-66-50(75)32-33-53(78)79/h17,19-20,24-25,28-33,38-44,48-49,54-59,80H,16,18,21-23,26-27,34-37H2,1-15H3,(H,66,75)(H,67,81)(H,68,83)(H,69,82)(H,70,76)(H,71,84)(H,78,79)/b33-32-/t41-,42+,43+,44-,48-,49+,54-,55-,56-,57-,58+,59+/m0/s1. The number of nitrogens with one attached hydrogen (secondary N) is 6. The Labute approximate surface area is 525 Å². The van der Waals surface area contributed by atoms with Gasteiger partial charge in [-0.1, -0.05) is 118 Å². The van der Waals surface area contributed by atoms with Gasteiger partial charge in [-0.05, 0) is 86.5 Å². The van der Waals surface area contributed by atoms with Crippen LogP contribution < -0.4 is 31.9 Å². The van der Waals surface area contributed by atoms with E-state index in [1.165, 1.54) is 33.1 Å². The third-order valence-corrected chi connectivity index (χ3v) is 16.4. The van der Waals surface area contributed by atoms with Crippen molar-refractivity contribution in [2.24, 2.45) is 29.6 Å². The number of hydrogen-bond acceptors (Lipinski definition) is 14. The summed E-state index contributed by atoms with van der Waals surface area (Å²) in [6.45, 7) is 20.2. The zero-order chi connectivity index (χ0) is 66.8. The molecule has 12 atom stereocenters. The molecule has 0 aliphatic carbocycles. The summed E-state index contributed by atoms with van der Waals surface area (Å²) in [4.78, 5) is 137. The molecule has 2 aromatic carbocycles. The summed E-state index contributed by atoms with van der Waals surface area (Å²) in [6.07, 6.45) is 2.10. The maximum atomic E-state index is 14.8. The Balaban J connectivity index is 1.60. The number of anilines is 1. The van der Waals surface area contributed by atoms with Crippen molar-refractivity contribution in [1.82, 2.24) is 41.3 Å². The summed E-state index contributed by atoms with van der Waals surface area (Å²) in [7, 11) is 6.10. The van der Waals surface area contributed by atoms with Crippen molar-refractivity contribution in [3.8, 4) is 0 Å². The first-order valence-corrected chi connectivity index (χ1v) is 31.0. The van der Waals surface area contributed by atoms with Crippen LogP contribution in [0, 0.1) is 29.6 Å². The first kappa shape index (κ1) is 75.8. The number of carbonyl (C=O) groups is 10. The number of likely N-dealkylation sites (N-methyl/N-ethyl adjacent to an activating group) is 2. The molecule has 0 radical (unpaired) electrons. The molecule has 1 saturated heterocycles. The van der Waals surface area contributed by atoms with Crippen LogP contribution in [-0.2, 0) is 64.0 Å². The monoisotopic (exact) mass is 1250 g/mol. The highest BCUT2D eigenvalue weighted by Crippen LogP contribution is 2.30. The van der Waals surface area contributed by atoms with E-state index in [1.807, 2.05) is 32.0 Å². The second-order valence-electron chi connectivity index (χ2n) is 24.3. The number of hydrogen-bond donors (Lipinski definition) is 8. The summed E-state index contributed by atoms with van der Waals surface area (Å²) in [5, 5.41) is 36.1. The van der Waals surface area contributed by atoms with E-state index in [4.69, 9.17) is 19.3 Å². The highest BCUT2D eigenvalue weighted by atomic mass is 16.6. The van der Waals surface area contributed by atoms with Crippen LogP contribution in [0.3, 0.4) is 0 Å². The second kappa shape index (κ2) is 37.5. The number of carboxylic acid groups (broad SMARTS) is 1. The van der Waals surface area contributed by atoms with Crippen molar-refractivity contribution >= 4 is 65.0 Å².